The zero-order chi connectivity index (χ0) is 8.55. The highest BCUT2D eigenvalue weighted by Gasteiger charge is 2.15. The summed E-state index contributed by atoms with van der Waals surface area (Å²) < 4.78 is 0. The molecule has 2 heterocycles. The molecular weight excluding hydrogens is 152 g/mol. The molecule has 0 fully saturated rings. The molecule has 2 N–H and O–H groups in total. The average molecular weight is 160 g/mol. The molecule has 4 nitrogen and oxygen atoms in total. The molecule has 0 aliphatic carbocycles. The third kappa shape index (κ3) is 0.812. The number of aliphatic imine (C=N–C) groups is 1. The highest BCUT2D eigenvalue weighted by molar-refractivity contribution is 6.16. The smallest absolute Gasteiger partial charge is 0.153 e. The standard InChI is InChI=1S/C8H8N4/c1-2-5-3-10-7-6(5)11-4-12-8(7)9/h2-4H,1H3,(H2,9,11,12). The molecule has 1 aromatic heterocycles. The van der Waals surface area contributed by atoms with Crippen molar-refractivity contribution >= 4 is 23.3 Å². The van der Waals surface area contributed by atoms with Gasteiger partial charge < -0.3 is 5.73 Å². The fraction of sp³-hybridized carbons (Fsp3) is 0.125. The predicted octanol–water partition coefficient (Wildman–Crippen LogP) is 1.18. The van der Waals surface area contributed by atoms with Crippen LogP contribution in [0.5, 0.6) is 0 Å². The summed E-state index contributed by atoms with van der Waals surface area (Å²) in [6.07, 6.45) is 5.14. The van der Waals surface area contributed by atoms with Crippen molar-refractivity contribution in [3.63, 3.8) is 0 Å². The molecule has 2 rings (SSSR count). The number of nitrogens with zero attached hydrogens (tertiary/aromatic N) is 3. The van der Waals surface area contributed by atoms with Gasteiger partial charge in [-0.3, -0.25) is 0 Å². The van der Waals surface area contributed by atoms with Gasteiger partial charge in [0, 0.05) is 11.8 Å². The van der Waals surface area contributed by atoms with Gasteiger partial charge in [0.25, 0.3) is 0 Å². The maximum absolute atomic E-state index is 5.60. The lowest BCUT2D eigenvalue weighted by molar-refractivity contribution is 1.16. The second-order valence-electron chi connectivity index (χ2n) is 2.46. The van der Waals surface area contributed by atoms with Gasteiger partial charge in [0.15, 0.2) is 5.82 Å². The van der Waals surface area contributed by atoms with E-state index in [0.717, 1.165) is 11.3 Å². The molecule has 0 saturated carbocycles. The molecule has 0 saturated heterocycles. The molecule has 0 aromatic carbocycles. The van der Waals surface area contributed by atoms with E-state index in [-0.39, 0.29) is 0 Å². The number of rotatable bonds is 0. The monoisotopic (exact) mass is 160 g/mol. The summed E-state index contributed by atoms with van der Waals surface area (Å²) in [6.45, 7) is 1.94. The fourth-order valence-electron chi connectivity index (χ4n) is 1.14. The lowest BCUT2D eigenvalue weighted by Crippen LogP contribution is -1.93. The van der Waals surface area contributed by atoms with Crippen LogP contribution in [0.4, 0.5) is 11.5 Å². The van der Waals surface area contributed by atoms with Gasteiger partial charge in [0.2, 0.25) is 0 Å². The molecule has 0 spiro atoms. The van der Waals surface area contributed by atoms with Gasteiger partial charge in [-0.15, -0.1) is 0 Å². The van der Waals surface area contributed by atoms with E-state index < -0.39 is 0 Å². The Morgan fingerprint density at radius 2 is 2.25 bits per heavy atom. The minimum Gasteiger partial charge on any atom is -0.382 e. The van der Waals surface area contributed by atoms with Crippen molar-refractivity contribution in [2.45, 2.75) is 6.92 Å². The third-order valence-corrected chi connectivity index (χ3v) is 1.77. The molecule has 1 aliphatic rings. The van der Waals surface area contributed by atoms with Gasteiger partial charge in [-0.05, 0) is 6.92 Å². The summed E-state index contributed by atoms with van der Waals surface area (Å²) >= 11 is 0. The molecule has 0 atom stereocenters. The van der Waals surface area contributed by atoms with Crippen molar-refractivity contribution in [2.24, 2.45) is 4.99 Å². The number of aromatic nitrogens is 2. The van der Waals surface area contributed by atoms with Crippen LogP contribution in [-0.4, -0.2) is 16.2 Å². The second kappa shape index (κ2) is 2.41. The molecule has 1 aromatic rings. The number of fused-ring (bicyclic) bond motifs is 1. The Labute approximate surface area is 69.9 Å². The van der Waals surface area contributed by atoms with Gasteiger partial charge in [0.05, 0.1) is 0 Å². The molecule has 4 heteroatoms. The van der Waals surface area contributed by atoms with Crippen LogP contribution in [0.3, 0.4) is 0 Å². The number of hydrogen-bond donors (Lipinski definition) is 1. The van der Waals surface area contributed by atoms with Crippen LogP contribution < -0.4 is 5.73 Å². The van der Waals surface area contributed by atoms with Gasteiger partial charge >= 0.3 is 0 Å². The molecule has 0 radical (unpaired) electrons. The zero-order valence-corrected chi connectivity index (χ0v) is 6.65. The van der Waals surface area contributed by atoms with E-state index in [0.29, 0.717) is 11.5 Å². The normalized spacial score (nSPS) is 16.9. The minimum atomic E-state index is 0.438. The van der Waals surface area contributed by atoms with E-state index in [1.54, 1.807) is 6.21 Å². The lowest BCUT2D eigenvalue weighted by atomic mass is 10.2. The number of nitrogen functional groups attached to an aromatic ring is 1. The van der Waals surface area contributed by atoms with Crippen molar-refractivity contribution in [3.05, 3.63) is 18.1 Å². The Balaban J connectivity index is 2.68. The molecule has 0 amide bonds. The Hall–Kier alpha value is -1.71. The van der Waals surface area contributed by atoms with Crippen molar-refractivity contribution in [2.75, 3.05) is 5.73 Å². The van der Waals surface area contributed by atoms with Crippen molar-refractivity contribution in [1.29, 1.82) is 0 Å². The topological polar surface area (TPSA) is 64.2 Å². The Kier molecular flexibility index (Phi) is 1.40. The Bertz CT molecular complexity index is 379. The maximum Gasteiger partial charge on any atom is 0.153 e. The fourth-order valence-corrected chi connectivity index (χ4v) is 1.14. The number of hydrogen-bond acceptors (Lipinski definition) is 4. The van der Waals surface area contributed by atoms with Crippen molar-refractivity contribution in [1.82, 2.24) is 9.97 Å². The van der Waals surface area contributed by atoms with E-state index in [4.69, 9.17) is 5.73 Å². The quantitative estimate of drug-likeness (QED) is 0.619. The molecule has 1 aliphatic heterocycles. The van der Waals surface area contributed by atoms with E-state index >= 15 is 0 Å². The van der Waals surface area contributed by atoms with Crippen LogP contribution in [0.1, 0.15) is 12.6 Å². The molecule has 0 unspecified atom stereocenters. The summed E-state index contributed by atoms with van der Waals surface area (Å²) in [5, 5.41) is 0. The summed E-state index contributed by atoms with van der Waals surface area (Å²) in [7, 11) is 0. The summed E-state index contributed by atoms with van der Waals surface area (Å²) in [5.74, 6) is 0.438. The van der Waals surface area contributed by atoms with Gasteiger partial charge in [-0.25, -0.2) is 15.0 Å². The van der Waals surface area contributed by atoms with E-state index in [9.17, 15) is 0 Å². The largest absolute Gasteiger partial charge is 0.382 e. The maximum atomic E-state index is 5.60. The number of allylic oxidation sites excluding steroid dienone is 2. The van der Waals surface area contributed by atoms with E-state index in [1.165, 1.54) is 6.33 Å². The average Bonchev–Trinajstić information content (AvgIpc) is 2.49. The van der Waals surface area contributed by atoms with Crippen molar-refractivity contribution in [3.8, 4) is 0 Å². The van der Waals surface area contributed by atoms with E-state index in [1.807, 2.05) is 13.0 Å². The molecule has 60 valence electrons. The number of anilines is 1. The van der Waals surface area contributed by atoms with Gasteiger partial charge in [0.1, 0.15) is 17.7 Å². The van der Waals surface area contributed by atoms with Crippen LogP contribution in [0.2, 0.25) is 0 Å². The first-order valence-electron chi connectivity index (χ1n) is 3.64. The predicted molar refractivity (Wildman–Crippen MR) is 48.2 cm³/mol. The second-order valence-corrected chi connectivity index (χ2v) is 2.46. The zero-order valence-electron chi connectivity index (χ0n) is 6.65. The third-order valence-electron chi connectivity index (χ3n) is 1.77. The molecular formula is C8H8N4. The summed E-state index contributed by atoms with van der Waals surface area (Å²) in [6, 6.07) is 0. The van der Waals surface area contributed by atoms with Crippen LogP contribution in [0, 0.1) is 0 Å². The Morgan fingerprint density at radius 3 is 3.00 bits per heavy atom. The van der Waals surface area contributed by atoms with Gasteiger partial charge in [-0.2, -0.15) is 0 Å². The van der Waals surface area contributed by atoms with Crippen LogP contribution in [0.15, 0.2) is 17.4 Å². The summed E-state index contributed by atoms with van der Waals surface area (Å²) in [5.41, 5.74) is 8.11. The first-order chi connectivity index (χ1) is 5.83. The molecule has 0 bridgehead atoms. The van der Waals surface area contributed by atoms with Crippen molar-refractivity contribution < 1.29 is 0 Å². The molecule has 12 heavy (non-hydrogen) atoms. The highest BCUT2D eigenvalue weighted by atomic mass is 15.0. The number of nitrogens with two attached hydrogens (primary N) is 1. The highest BCUT2D eigenvalue weighted by Crippen LogP contribution is 2.32. The van der Waals surface area contributed by atoms with E-state index in [2.05, 4.69) is 15.0 Å². The first kappa shape index (κ1) is 6.97. The lowest BCUT2D eigenvalue weighted by Gasteiger charge is -1.98. The Morgan fingerprint density at radius 1 is 1.42 bits per heavy atom. The minimum absolute atomic E-state index is 0.438. The first-order valence-corrected chi connectivity index (χ1v) is 3.64. The van der Waals surface area contributed by atoms with Crippen LogP contribution >= 0.6 is 0 Å². The summed E-state index contributed by atoms with van der Waals surface area (Å²) in [4.78, 5) is 12.0. The van der Waals surface area contributed by atoms with Gasteiger partial charge in [-0.1, -0.05) is 6.08 Å². The van der Waals surface area contributed by atoms with Crippen LogP contribution in [-0.2, 0) is 0 Å². The van der Waals surface area contributed by atoms with Crippen LogP contribution in [0.25, 0.3) is 5.57 Å². The SMILES string of the molecule is CC=C1C=Nc2c(N)ncnc21.